The lowest BCUT2D eigenvalue weighted by atomic mass is 9.47. The first kappa shape index (κ1) is 26.9. The molecular weight excluding hydrogens is 448 g/mol. The molecule has 204 valence electrons. The van der Waals surface area contributed by atoms with Gasteiger partial charge in [0.25, 0.3) is 0 Å². The highest BCUT2D eigenvalue weighted by Gasteiger charge is 2.59. The van der Waals surface area contributed by atoms with E-state index in [0.717, 1.165) is 43.6 Å². The maximum atomic E-state index is 12.4. The van der Waals surface area contributed by atoms with Gasteiger partial charge in [-0.3, -0.25) is 4.79 Å². The van der Waals surface area contributed by atoms with Crippen molar-refractivity contribution in [2.75, 3.05) is 6.61 Å². The maximum Gasteiger partial charge on any atom is 0.163 e. The van der Waals surface area contributed by atoms with Gasteiger partial charge in [0.15, 0.2) is 12.1 Å². The number of hydrogen-bond donors (Lipinski definition) is 1. The van der Waals surface area contributed by atoms with Crippen molar-refractivity contribution in [2.45, 2.75) is 136 Å². The van der Waals surface area contributed by atoms with Crippen molar-refractivity contribution >= 4 is 5.78 Å². The van der Waals surface area contributed by atoms with Crippen LogP contribution >= 0.6 is 0 Å². The molecule has 9 atom stereocenters. The topological polar surface area (TPSA) is 55.8 Å². The van der Waals surface area contributed by atoms with E-state index in [1.54, 1.807) is 19.4 Å². The maximum absolute atomic E-state index is 12.4. The van der Waals surface area contributed by atoms with Gasteiger partial charge in [-0.15, -0.1) is 0 Å². The van der Waals surface area contributed by atoms with Crippen molar-refractivity contribution in [3.05, 3.63) is 11.6 Å². The highest BCUT2D eigenvalue weighted by Crippen LogP contribution is 2.67. The standard InChI is InChI=1S/C32H52O4/c1-21(9-14-28(33)30(2,3)34)25-12-13-26-24-11-10-22-20-23(36-29-8-6-7-19-35-29)15-17-31(22,4)27(24)16-18-32(25,26)5/h10,21,23-27,29,34H,6-9,11-20H2,1-5H3/t21-,23+,24+,25-,26+,27+,29?,31+,32-/m1/s1. The van der Waals surface area contributed by atoms with E-state index in [1.165, 1.54) is 57.8 Å². The summed E-state index contributed by atoms with van der Waals surface area (Å²) in [5, 5.41) is 10.1. The minimum atomic E-state index is -1.20. The highest BCUT2D eigenvalue weighted by atomic mass is 16.7. The molecule has 1 unspecified atom stereocenters. The zero-order valence-corrected chi connectivity index (χ0v) is 23.7. The molecule has 3 saturated carbocycles. The van der Waals surface area contributed by atoms with Crippen LogP contribution in [-0.2, 0) is 14.3 Å². The third-order valence-electron chi connectivity index (χ3n) is 11.8. The molecule has 36 heavy (non-hydrogen) atoms. The fourth-order valence-corrected chi connectivity index (χ4v) is 9.62. The molecule has 4 fully saturated rings. The van der Waals surface area contributed by atoms with Gasteiger partial charge in [-0.25, -0.2) is 0 Å². The van der Waals surface area contributed by atoms with E-state index in [1.807, 2.05) is 0 Å². The van der Waals surface area contributed by atoms with E-state index in [-0.39, 0.29) is 12.1 Å². The molecule has 1 heterocycles. The molecule has 0 aromatic heterocycles. The molecular formula is C32H52O4. The first-order valence-electron chi connectivity index (χ1n) is 15.2. The average molecular weight is 501 g/mol. The third-order valence-corrected chi connectivity index (χ3v) is 11.8. The normalized spacial score (nSPS) is 43.7. The summed E-state index contributed by atoms with van der Waals surface area (Å²) in [6.45, 7) is 11.7. The molecule has 5 aliphatic rings. The number of aliphatic hydroxyl groups is 1. The van der Waals surface area contributed by atoms with Gasteiger partial charge >= 0.3 is 0 Å². The zero-order chi connectivity index (χ0) is 25.7. The largest absolute Gasteiger partial charge is 0.383 e. The lowest BCUT2D eigenvalue weighted by molar-refractivity contribution is -0.195. The molecule has 1 aliphatic heterocycles. The van der Waals surface area contributed by atoms with E-state index >= 15 is 0 Å². The molecule has 1 saturated heterocycles. The molecule has 4 heteroatoms. The van der Waals surface area contributed by atoms with Crippen LogP contribution in [0.5, 0.6) is 0 Å². The highest BCUT2D eigenvalue weighted by molar-refractivity contribution is 5.86. The van der Waals surface area contributed by atoms with Crippen molar-refractivity contribution in [2.24, 2.45) is 40.4 Å². The van der Waals surface area contributed by atoms with Gasteiger partial charge in [-0.2, -0.15) is 0 Å². The van der Waals surface area contributed by atoms with Gasteiger partial charge in [0.1, 0.15) is 5.60 Å². The van der Waals surface area contributed by atoms with E-state index in [2.05, 4.69) is 26.8 Å². The summed E-state index contributed by atoms with van der Waals surface area (Å²) in [5.74, 6) is 3.68. The summed E-state index contributed by atoms with van der Waals surface area (Å²) in [4.78, 5) is 12.4. The number of carbonyl (C=O) groups is 1. The van der Waals surface area contributed by atoms with E-state index < -0.39 is 5.60 Å². The Morgan fingerprint density at radius 1 is 1.14 bits per heavy atom. The molecule has 0 radical (unpaired) electrons. The van der Waals surface area contributed by atoms with Gasteiger partial charge in [0.2, 0.25) is 0 Å². The van der Waals surface area contributed by atoms with Crippen molar-refractivity contribution in [1.29, 1.82) is 0 Å². The minimum absolute atomic E-state index is 0.00902. The molecule has 0 bridgehead atoms. The van der Waals surface area contributed by atoms with Crippen LogP contribution in [0.3, 0.4) is 0 Å². The summed E-state index contributed by atoms with van der Waals surface area (Å²) < 4.78 is 12.3. The molecule has 4 nitrogen and oxygen atoms in total. The van der Waals surface area contributed by atoms with Crippen LogP contribution in [-0.4, -0.2) is 35.5 Å². The SMILES string of the molecule is C[C@H](CCC(=O)C(C)(C)O)[C@H]1CC[C@H]2[C@@H]3CC=C4C[C@@H](OC5CCCCO5)CC[C@]4(C)[C@H]3CC[C@]12C. The lowest BCUT2D eigenvalue weighted by Crippen LogP contribution is -2.51. The molecule has 0 aromatic rings. The Balaban J connectivity index is 1.24. The molecule has 4 aliphatic carbocycles. The Hall–Kier alpha value is -0.710. The summed E-state index contributed by atoms with van der Waals surface area (Å²) >= 11 is 0. The Bertz CT molecular complexity index is 836. The molecule has 1 N–H and O–H groups in total. The Morgan fingerprint density at radius 3 is 2.67 bits per heavy atom. The molecule has 0 aromatic carbocycles. The Kier molecular flexibility index (Phi) is 7.55. The summed E-state index contributed by atoms with van der Waals surface area (Å²) in [7, 11) is 0. The van der Waals surface area contributed by atoms with Gasteiger partial charge in [0, 0.05) is 13.0 Å². The second kappa shape index (κ2) is 10.1. The Labute approximate surface area is 220 Å². The minimum Gasteiger partial charge on any atom is -0.383 e. The lowest BCUT2D eigenvalue weighted by Gasteiger charge is -2.58. The number of hydrogen-bond acceptors (Lipinski definition) is 4. The molecule has 0 amide bonds. The first-order valence-corrected chi connectivity index (χ1v) is 15.2. The van der Waals surface area contributed by atoms with E-state index in [0.29, 0.717) is 35.2 Å². The molecule has 0 spiro atoms. The van der Waals surface area contributed by atoms with Crippen molar-refractivity contribution in [3.63, 3.8) is 0 Å². The van der Waals surface area contributed by atoms with Crippen LogP contribution in [0, 0.1) is 40.4 Å². The van der Waals surface area contributed by atoms with Gasteiger partial charge in [-0.05, 0) is 131 Å². The second-order valence-corrected chi connectivity index (χ2v) is 14.3. The smallest absolute Gasteiger partial charge is 0.163 e. The van der Waals surface area contributed by atoms with Gasteiger partial charge < -0.3 is 14.6 Å². The van der Waals surface area contributed by atoms with Crippen molar-refractivity contribution in [1.82, 2.24) is 0 Å². The van der Waals surface area contributed by atoms with Crippen molar-refractivity contribution < 1.29 is 19.4 Å². The second-order valence-electron chi connectivity index (χ2n) is 14.3. The number of ether oxygens (including phenoxy) is 2. The van der Waals surface area contributed by atoms with E-state index in [9.17, 15) is 9.90 Å². The zero-order valence-electron chi connectivity index (χ0n) is 23.7. The summed E-state index contributed by atoms with van der Waals surface area (Å²) in [6.07, 6.45) is 18.1. The van der Waals surface area contributed by atoms with Crippen LogP contribution in [0.4, 0.5) is 0 Å². The number of fused-ring (bicyclic) bond motifs is 5. The fraction of sp³-hybridized carbons (Fsp3) is 0.906. The third kappa shape index (κ3) is 4.89. The number of ketones is 1. The number of carbonyl (C=O) groups excluding carboxylic acids is 1. The van der Waals surface area contributed by atoms with Crippen LogP contribution in [0.25, 0.3) is 0 Å². The van der Waals surface area contributed by atoms with Crippen LogP contribution < -0.4 is 0 Å². The summed E-state index contributed by atoms with van der Waals surface area (Å²) in [5.41, 5.74) is 1.24. The van der Waals surface area contributed by atoms with Crippen molar-refractivity contribution in [3.8, 4) is 0 Å². The number of Topliss-reactive ketones (excluding diaryl/α,β-unsaturated/α-hetero) is 1. The van der Waals surface area contributed by atoms with Gasteiger partial charge in [0.05, 0.1) is 6.10 Å². The predicted molar refractivity (Wildman–Crippen MR) is 143 cm³/mol. The Morgan fingerprint density at radius 2 is 1.94 bits per heavy atom. The summed E-state index contributed by atoms with van der Waals surface area (Å²) in [6, 6.07) is 0. The number of rotatable bonds is 7. The molecule has 5 rings (SSSR count). The van der Waals surface area contributed by atoms with Crippen LogP contribution in [0.15, 0.2) is 11.6 Å². The fourth-order valence-electron chi connectivity index (χ4n) is 9.62. The average Bonchev–Trinajstić information content (AvgIpc) is 3.20. The quantitative estimate of drug-likeness (QED) is 0.375. The first-order chi connectivity index (χ1) is 17.0. The van der Waals surface area contributed by atoms with Crippen LogP contribution in [0.1, 0.15) is 118 Å². The van der Waals surface area contributed by atoms with E-state index in [4.69, 9.17) is 9.47 Å². The predicted octanol–water partition coefficient (Wildman–Crippen LogP) is 7.23. The monoisotopic (exact) mass is 500 g/mol. The number of allylic oxidation sites excluding steroid dienone is 1. The van der Waals surface area contributed by atoms with Gasteiger partial charge in [-0.1, -0.05) is 32.4 Å². The van der Waals surface area contributed by atoms with Crippen LogP contribution in [0.2, 0.25) is 0 Å².